The molecule has 2 heterocycles. The van der Waals surface area contributed by atoms with Crippen molar-refractivity contribution in [2.75, 3.05) is 23.3 Å². The summed E-state index contributed by atoms with van der Waals surface area (Å²) in [5.74, 6) is 0.155. The Kier molecular flexibility index (Phi) is 5.17. The molecule has 1 aliphatic rings. The first-order chi connectivity index (χ1) is 14.4. The van der Waals surface area contributed by atoms with Crippen LogP contribution in [0, 0.1) is 6.92 Å². The smallest absolute Gasteiger partial charge is 0.265 e. The largest absolute Gasteiger partial charge is 0.495 e. The van der Waals surface area contributed by atoms with Gasteiger partial charge in [-0.05, 0) is 66.9 Å². The summed E-state index contributed by atoms with van der Waals surface area (Å²) in [6.07, 6.45) is 3.80. The van der Waals surface area contributed by atoms with Gasteiger partial charge < -0.3 is 9.64 Å². The molecule has 0 bridgehead atoms. The van der Waals surface area contributed by atoms with E-state index in [-0.39, 0.29) is 16.6 Å². The van der Waals surface area contributed by atoms with Crippen LogP contribution >= 0.6 is 0 Å². The lowest BCUT2D eigenvalue weighted by atomic mass is 10.1. The molecule has 0 saturated heterocycles. The van der Waals surface area contributed by atoms with Crippen LogP contribution in [0.15, 0.2) is 65.8 Å². The molecular weight excluding hydrogens is 402 g/mol. The van der Waals surface area contributed by atoms with Gasteiger partial charge in [0, 0.05) is 30.3 Å². The van der Waals surface area contributed by atoms with Crippen LogP contribution in [-0.2, 0) is 16.4 Å². The number of rotatable bonds is 5. The van der Waals surface area contributed by atoms with E-state index in [0.717, 1.165) is 16.8 Å². The summed E-state index contributed by atoms with van der Waals surface area (Å²) in [6, 6.07) is 13.6. The van der Waals surface area contributed by atoms with E-state index in [0.29, 0.717) is 24.2 Å². The number of carbonyl (C=O) groups excluding carboxylic acids is 1. The second kappa shape index (κ2) is 7.79. The Morgan fingerprint density at radius 3 is 2.73 bits per heavy atom. The second-order valence-corrected chi connectivity index (χ2v) is 8.70. The molecule has 0 spiro atoms. The molecule has 0 saturated carbocycles. The summed E-state index contributed by atoms with van der Waals surface area (Å²) in [7, 11) is -2.40. The zero-order chi connectivity index (χ0) is 21.3. The Hall–Kier alpha value is -3.39. The first-order valence-corrected chi connectivity index (χ1v) is 10.9. The molecule has 1 amide bonds. The molecule has 1 aromatic heterocycles. The number of carbonyl (C=O) groups is 1. The molecule has 7 nitrogen and oxygen atoms in total. The van der Waals surface area contributed by atoms with Crippen LogP contribution in [0.3, 0.4) is 0 Å². The molecule has 8 heteroatoms. The van der Waals surface area contributed by atoms with Crippen LogP contribution in [0.2, 0.25) is 0 Å². The molecule has 0 unspecified atom stereocenters. The van der Waals surface area contributed by atoms with Crippen LogP contribution < -0.4 is 14.4 Å². The number of hydrogen-bond donors (Lipinski definition) is 1. The van der Waals surface area contributed by atoms with Crippen molar-refractivity contribution in [3.63, 3.8) is 0 Å². The summed E-state index contributed by atoms with van der Waals surface area (Å²) < 4.78 is 33.7. The molecule has 0 radical (unpaired) electrons. The first-order valence-electron chi connectivity index (χ1n) is 9.41. The molecule has 154 valence electrons. The third-order valence-electron chi connectivity index (χ3n) is 4.99. The van der Waals surface area contributed by atoms with Crippen LogP contribution in [0.1, 0.15) is 21.5 Å². The van der Waals surface area contributed by atoms with Gasteiger partial charge in [0.15, 0.2) is 0 Å². The maximum absolute atomic E-state index is 12.9. The molecule has 0 aliphatic carbocycles. The molecule has 1 aliphatic heterocycles. The number of ether oxygens (including phenoxy) is 1. The number of pyridine rings is 1. The van der Waals surface area contributed by atoms with Crippen LogP contribution in [0.25, 0.3) is 0 Å². The number of aromatic nitrogens is 1. The molecule has 0 fully saturated rings. The Labute approximate surface area is 175 Å². The second-order valence-electron chi connectivity index (χ2n) is 7.05. The predicted molar refractivity (Wildman–Crippen MR) is 115 cm³/mol. The van der Waals surface area contributed by atoms with E-state index in [4.69, 9.17) is 4.74 Å². The first kappa shape index (κ1) is 19.9. The summed E-state index contributed by atoms with van der Waals surface area (Å²) >= 11 is 0. The summed E-state index contributed by atoms with van der Waals surface area (Å²) in [5.41, 5.74) is 3.45. The molecule has 4 rings (SSSR count). The molecule has 0 atom stereocenters. The normalized spacial score (nSPS) is 13.1. The van der Waals surface area contributed by atoms with Gasteiger partial charge in [-0.1, -0.05) is 6.07 Å². The van der Waals surface area contributed by atoms with E-state index in [9.17, 15) is 13.2 Å². The van der Waals surface area contributed by atoms with Crippen molar-refractivity contribution in [3.8, 4) is 5.75 Å². The van der Waals surface area contributed by atoms with Crippen molar-refractivity contribution in [1.82, 2.24) is 4.98 Å². The van der Waals surface area contributed by atoms with Crippen molar-refractivity contribution in [2.45, 2.75) is 18.2 Å². The maximum atomic E-state index is 12.9. The van der Waals surface area contributed by atoms with E-state index >= 15 is 0 Å². The number of hydrogen-bond acceptors (Lipinski definition) is 5. The lowest BCUT2D eigenvalue weighted by Gasteiger charge is -2.18. The molecular formula is C22H21N3O4S. The van der Waals surface area contributed by atoms with E-state index in [1.165, 1.54) is 13.3 Å². The van der Waals surface area contributed by atoms with Crippen LogP contribution in [-0.4, -0.2) is 33.0 Å². The summed E-state index contributed by atoms with van der Waals surface area (Å²) in [4.78, 5) is 18.5. The quantitative estimate of drug-likeness (QED) is 0.679. The zero-order valence-electron chi connectivity index (χ0n) is 16.6. The number of benzene rings is 2. The fourth-order valence-electron chi connectivity index (χ4n) is 3.53. The van der Waals surface area contributed by atoms with Crippen molar-refractivity contribution in [2.24, 2.45) is 0 Å². The number of aryl methyl sites for hydroxylation is 1. The van der Waals surface area contributed by atoms with E-state index in [1.54, 1.807) is 59.6 Å². The van der Waals surface area contributed by atoms with Gasteiger partial charge in [-0.2, -0.15) is 0 Å². The monoisotopic (exact) mass is 423 g/mol. The molecule has 2 aromatic carbocycles. The number of amides is 1. The van der Waals surface area contributed by atoms with Gasteiger partial charge in [0.1, 0.15) is 10.6 Å². The highest BCUT2D eigenvalue weighted by Crippen LogP contribution is 2.33. The number of anilines is 2. The van der Waals surface area contributed by atoms with Gasteiger partial charge in [-0.25, -0.2) is 8.42 Å². The number of sulfonamides is 1. The number of methoxy groups -OCH3 is 1. The van der Waals surface area contributed by atoms with Crippen molar-refractivity contribution in [3.05, 3.63) is 77.6 Å². The van der Waals surface area contributed by atoms with Crippen molar-refractivity contribution < 1.29 is 17.9 Å². The number of fused-ring (bicyclic) bond motifs is 1. The standard InChI is InChI=1S/C22H21N3O4S/c1-15-5-8-20(29-2)21(12-15)30(27,28)24-18-6-7-19-16(13-18)9-11-25(19)22(26)17-4-3-10-23-14-17/h3-8,10,12-14,24H,9,11H2,1-2H3. The number of nitrogens with zero attached hydrogens (tertiary/aromatic N) is 2. The van der Waals surface area contributed by atoms with Crippen molar-refractivity contribution in [1.29, 1.82) is 0 Å². The van der Waals surface area contributed by atoms with Crippen LogP contribution in [0.5, 0.6) is 5.75 Å². The Morgan fingerprint density at radius 1 is 1.17 bits per heavy atom. The highest BCUT2D eigenvalue weighted by molar-refractivity contribution is 7.92. The van der Waals surface area contributed by atoms with Gasteiger partial charge in [0.05, 0.1) is 12.7 Å². The van der Waals surface area contributed by atoms with Gasteiger partial charge in [0.2, 0.25) is 0 Å². The lowest BCUT2D eigenvalue weighted by Crippen LogP contribution is -2.28. The highest BCUT2D eigenvalue weighted by Gasteiger charge is 2.27. The fourth-order valence-corrected chi connectivity index (χ4v) is 4.83. The minimum Gasteiger partial charge on any atom is -0.495 e. The number of nitrogens with one attached hydrogen (secondary N) is 1. The average molecular weight is 423 g/mol. The SMILES string of the molecule is COc1ccc(C)cc1S(=O)(=O)Nc1ccc2c(c1)CCN2C(=O)c1cccnc1. The molecule has 30 heavy (non-hydrogen) atoms. The molecule has 3 aromatic rings. The topological polar surface area (TPSA) is 88.6 Å². The van der Waals surface area contributed by atoms with Gasteiger partial charge in [0.25, 0.3) is 15.9 Å². The Morgan fingerprint density at radius 2 is 2.00 bits per heavy atom. The lowest BCUT2D eigenvalue weighted by molar-refractivity contribution is 0.0989. The third-order valence-corrected chi connectivity index (χ3v) is 6.39. The summed E-state index contributed by atoms with van der Waals surface area (Å²) in [6.45, 7) is 2.35. The Balaban J connectivity index is 1.60. The minimum absolute atomic E-state index is 0.0823. The highest BCUT2D eigenvalue weighted by atomic mass is 32.2. The minimum atomic E-state index is -3.83. The van der Waals surface area contributed by atoms with Crippen molar-refractivity contribution >= 4 is 27.3 Å². The van der Waals surface area contributed by atoms with Crippen LogP contribution in [0.4, 0.5) is 11.4 Å². The third kappa shape index (κ3) is 3.73. The van der Waals surface area contributed by atoms with Gasteiger partial charge >= 0.3 is 0 Å². The van der Waals surface area contributed by atoms with Gasteiger partial charge in [-0.15, -0.1) is 0 Å². The molecule has 1 N–H and O–H groups in total. The van der Waals surface area contributed by atoms with E-state index < -0.39 is 10.0 Å². The average Bonchev–Trinajstić information content (AvgIpc) is 3.16. The maximum Gasteiger partial charge on any atom is 0.265 e. The van der Waals surface area contributed by atoms with E-state index in [2.05, 4.69) is 9.71 Å². The van der Waals surface area contributed by atoms with Gasteiger partial charge in [-0.3, -0.25) is 14.5 Å². The predicted octanol–water partition coefficient (Wildman–Crippen LogP) is 3.40. The zero-order valence-corrected chi connectivity index (χ0v) is 17.4. The Bertz CT molecular complexity index is 1210. The summed E-state index contributed by atoms with van der Waals surface area (Å²) in [5, 5.41) is 0. The fraction of sp³-hybridized carbons (Fsp3) is 0.182. The van der Waals surface area contributed by atoms with E-state index in [1.807, 2.05) is 6.92 Å².